The van der Waals surface area contributed by atoms with Gasteiger partial charge in [-0.2, -0.15) is 4.37 Å². The Kier molecular flexibility index (Phi) is 8.15. The lowest BCUT2D eigenvalue weighted by atomic mass is 10.1. The molecule has 0 bridgehead atoms. The molecule has 2 aromatic rings. The van der Waals surface area contributed by atoms with Gasteiger partial charge < -0.3 is 20.5 Å². The molecule has 1 aliphatic rings. The van der Waals surface area contributed by atoms with Gasteiger partial charge in [0, 0.05) is 25.2 Å². The molecule has 0 radical (unpaired) electrons. The number of nitrogens with two attached hydrogens (primary N) is 1. The van der Waals surface area contributed by atoms with Crippen LogP contribution in [0.3, 0.4) is 0 Å². The fourth-order valence-corrected chi connectivity index (χ4v) is 3.80. The number of urea groups is 1. The van der Waals surface area contributed by atoms with E-state index < -0.39 is 17.8 Å². The van der Waals surface area contributed by atoms with Crippen molar-refractivity contribution in [3.63, 3.8) is 0 Å². The van der Waals surface area contributed by atoms with Crippen LogP contribution < -0.4 is 21.1 Å². The van der Waals surface area contributed by atoms with Crippen molar-refractivity contribution in [1.82, 2.24) is 14.6 Å². The molecular weight excluding hydrogens is 425 g/mol. The second kappa shape index (κ2) is 11.0. The van der Waals surface area contributed by atoms with E-state index in [9.17, 15) is 14.0 Å². The van der Waals surface area contributed by atoms with Crippen LogP contribution in [0.15, 0.2) is 18.2 Å². The minimum atomic E-state index is -0.796. The molecule has 3 amide bonds. The number of amides is 3. The quantitative estimate of drug-likeness (QED) is 0.503. The Morgan fingerprint density at radius 1 is 1.35 bits per heavy atom. The van der Waals surface area contributed by atoms with Gasteiger partial charge in [0.2, 0.25) is 5.88 Å². The lowest BCUT2D eigenvalue weighted by molar-refractivity contribution is 0.0375. The number of rotatable bonds is 9. The van der Waals surface area contributed by atoms with Gasteiger partial charge in [-0.25, -0.2) is 9.18 Å². The zero-order valence-corrected chi connectivity index (χ0v) is 18.1. The van der Waals surface area contributed by atoms with Gasteiger partial charge in [-0.1, -0.05) is 12.1 Å². The summed E-state index contributed by atoms with van der Waals surface area (Å²) in [6.07, 6.45) is 0.787. The molecule has 9 nitrogen and oxygen atoms in total. The molecule has 1 aliphatic heterocycles. The number of nitrogens with zero attached hydrogens (tertiary/aromatic N) is 2. The van der Waals surface area contributed by atoms with Crippen LogP contribution >= 0.6 is 11.5 Å². The molecule has 0 atom stereocenters. The van der Waals surface area contributed by atoms with E-state index in [2.05, 4.69) is 19.9 Å². The number of carbonyl (C=O) groups is 2. The Balaban J connectivity index is 1.51. The van der Waals surface area contributed by atoms with Crippen LogP contribution in [0, 0.1) is 12.7 Å². The molecule has 31 heavy (non-hydrogen) atoms. The average Bonchev–Trinajstić information content (AvgIpc) is 3.14. The second-order valence-corrected chi connectivity index (χ2v) is 7.90. The van der Waals surface area contributed by atoms with Crippen LogP contribution in [-0.4, -0.2) is 60.6 Å². The van der Waals surface area contributed by atoms with Gasteiger partial charge in [-0.15, -0.1) is 0 Å². The summed E-state index contributed by atoms with van der Waals surface area (Å²) in [4.78, 5) is 26.4. The molecule has 168 valence electrons. The highest BCUT2D eigenvalue weighted by atomic mass is 32.1. The van der Waals surface area contributed by atoms with Crippen molar-refractivity contribution in [2.24, 2.45) is 5.73 Å². The second-order valence-electron chi connectivity index (χ2n) is 7.13. The molecule has 2 heterocycles. The third-order valence-corrected chi connectivity index (χ3v) is 5.49. The van der Waals surface area contributed by atoms with Crippen molar-refractivity contribution in [2.45, 2.75) is 20.0 Å². The number of benzene rings is 1. The van der Waals surface area contributed by atoms with Crippen molar-refractivity contribution >= 4 is 28.5 Å². The number of ether oxygens (including phenoxy) is 2. The predicted octanol–water partition coefficient (Wildman–Crippen LogP) is 2.11. The van der Waals surface area contributed by atoms with E-state index >= 15 is 0 Å². The Morgan fingerprint density at radius 2 is 2.13 bits per heavy atom. The third-order valence-electron chi connectivity index (χ3n) is 4.75. The van der Waals surface area contributed by atoms with E-state index in [0.717, 1.165) is 56.4 Å². The van der Waals surface area contributed by atoms with Crippen LogP contribution in [0.5, 0.6) is 5.88 Å². The summed E-state index contributed by atoms with van der Waals surface area (Å²) in [5.41, 5.74) is 6.51. The molecule has 1 saturated heterocycles. The Bertz CT molecular complexity index is 917. The maximum absolute atomic E-state index is 14.0. The number of aryl methyl sites for hydroxylation is 1. The highest BCUT2D eigenvalue weighted by molar-refractivity contribution is 7.11. The highest BCUT2D eigenvalue weighted by Gasteiger charge is 2.22. The molecule has 0 unspecified atom stereocenters. The fraction of sp³-hybridized carbons (Fsp3) is 0.450. The maximum Gasteiger partial charge on any atom is 0.319 e. The lowest BCUT2D eigenvalue weighted by Gasteiger charge is -2.26. The van der Waals surface area contributed by atoms with Crippen LogP contribution in [0.4, 0.5) is 14.2 Å². The summed E-state index contributed by atoms with van der Waals surface area (Å²) in [6, 6.07) is 4.29. The van der Waals surface area contributed by atoms with E-state index in [1.165, 1.54) is 6.07 Å². The zero-order chi connectivity index (χ0) is 22.2. The number of primary amides is 1. The third kappa shape index (κ3) is 6.61. The van der Waals surface area contributed by atoms with Crippen molar-refractivity contribution in [3.05, 3.63) is 40.7 Å². The highest BCUT2D eigenvalue weighted by Crippen LogP contribution is 2.30. The van der Waals surface area contributed by atoms with Crippen molar-refractivity contribution in [2.75, 3.05) is 44.7 Å². The predicted molar refractivity (Wildman–Crippen MR) is 115 cm³/mol. The maximum atomic E-state index is 14.0. The lowest BCUT2D eigenvalue weighted by Crippen LogP contribution is -2.38. The normalized spacial score (nSPS) is 14.3. The first-order chi connectivity index (χ1) is 14.9. The van der Waals surface area contributed by atoms with Gasteiger partial charge in [0.15, 0.2) is 0 Å². The molecule has 0 aliphatic carbocycles. The SMILES string of the molecule is Cc1ccc(COc2nsc(NC(=O)NCCCN3CCOCC3)c2C(N)=O)c(F)c1. The first-order valence-corrected chi connectivity index (χ1v) is 10.7. The molecule has 1 aromatic carbocycles. The van der Waals surface area contributed by atoms with E-state index in [1.807, 2.05) is 0 Å². The number of hydrogen-bond acceptors (Lipinski definition) is 7. The molecule has 1 fully saturated rings. The number of aromatic nitrogens is 1. The van der Waals surface area contributed by atoms with Gasteiger partial charge in [0.1, 0.15) is 23.0 Å². The number of nitrogens with one attached hydrogen (secondary N) is 2. The van der Waals surface area contributed by atoms with Crippen LogP contribution in [0.1, 0.15) is 27.9 Å². The Hall–Kier alpha value is -2.76. The summed E-state index contributed by atoms with van der Waals surface area (Å²) in [5, 5.41) is 5.51. The van der Waals surface area contributed by atoms with Crippen LogP contribution in [0.2, 0.25) is 0 Å². The standard InChI is InChI=1S/C20H26FN5O4S/c1-13-3-4-14(15(21)11-13)12-30-18-16(17(22)27)19(31-25-18)24-20(28)23-5-2-6-26-7-9-29-10-8-26/h3-4,11H,2,5-10,12H2,1H3,(H2,22,27)(H2,23,24,28). The summed E-state index contributed by atoms with van der Waals surface area (Å²) in [7, 11) is 0. The fourth-order valence-electron chi connectivity index (χ4n) is 3.07. The molecule has 4 N–H and O–H groups in total. The van der Waals surface area contributed by atoms with Crippen LogP contribution in [0.25, 0.3) is 0 Å². The largest absolute Gasteiger partial charge is 0.471 e. The number of morpholine rings is 1. The molecular formula is C20H26FN5O4S. The minimum absolute atomic E-state index is 0.0408. The number of anilines is 1. The van der Waals surface area contributed by atoms with Gasteiger partial charge in [-0.3, -0.25) is 15.0 Å². The monoisotopic (exact) mass is 451 g/mol. The summed E-state index contributed by atoms with van der Waals surface area (Å²) >= 11 is 0.873. The van der Waals surface area contributed by atoms with Gasteiger partial charge >= 0.3 is 6.03 Å². The first-order valence-electron chi connectivity index (χ1n) is 9.96. The van der Waals surface area contributed by atoms with E-state index in [4.69, 9.17) is 15.2 Å². The molecule has 1 aromatic heterocycles. The molecule has 3 rings (SSSR count). The Morgan fingerprint density at radius 3 is 2.84 bits per heavy atom. The topological polar surface area (TPSA) is 119 Å². The smallest absolute Gasteiger partial charge is 0.319 e. The first kappa shape index (κ1) is 22.9. The molecule has 0 spiro atoms. The minimum Gasteiger partial charge on any atom is -0.471 e. The van der Waals surface area contributed by atoms with E-state index in [-0.39, 0.29) is 23.1 Å². The molecule has 11 heteroatoms. The average molecular weight is 452 g/mol. The number of carbonyl (C=O) groups excluding carboxylic acids is 2. The summed E-state index contributed by atoms with van der Waals surface area (Å²) in [5.74, 6) is -1.25. The van der Waals surface area contributed by atoms with Gasteiger partial charge in [-0.05, 0) is 43.1 Å². The van der Waals surface area contributed by atoms with Gasteiger partial charge in [0.25, 0.3) is 5.91 Å². The van der Waals surface area contributed by atoms with Crippen molar-refractivity contribution < 1.29 is 23.5 Å². The summed E-state index contributed by atoms with van der Waals surface area (Å²) < 4.78 is 28.8. The Labute approximate surface area is 183 Å². The van der Waals surface area contributed by atoms with E-state index in [0.29, 0.717) is 12.1 Å². The van der Waals surface area contributed by atoms with Crippen molar-refractivity contribution in [1.29, 1.82) is 0 Å². The number of halogens is 1. The van der Waals surface area contributed by atoms with E-state index in [1.54, 1.807) is 19.1 Å². The van der Waals surface area contributed by atoms with Crippen molar-refractivity contribution in [3.8, 4) is 5.88 Å². The molecule has 0 saturated carbocycles. The zero-order valence-electron chi connectivity index (χ0n) is 17.3. The summed E-state index contributed by atoms with van der Waals surface area (Å²) in [6.45, 7) is 6.25. The van der Waals surface area contributed by atoms with Gasteiger partial charge in [0.05, 0.1) is 13.2 Å². The van der Waals surface area contributed by atoms with Crippen LogP contribution in [-0.2, 0) is 11.3 Å². The number of hydrogen-bond donors (Lipinski definition) is 3.